The third kappa shape index (κ3) is 12.6. The first-order valence-electron chi connectivity index (χ1n) is 7.05. The molecule has 0 bridgehead atoms. The molecule has 0 radical (unpaired) electrons. The summed E-state index contributed by atoms with van der Waals surface area (Å²) in [5, 5.41) is 0. The van der Waals surface area contributed by atoms with Crippen molar-refractivity contribution in [2.24, 2.45) is 0 Å². The SMILES string of the molecule is C=CC.CCCCCOCO[Si](CCC)(OC)OC. The minimum atomic E-state index is -2.44. The molecule has 0 rings (SSSR count). The second kappa shape index (κ2) is 15.9. The van der Waals surface area contributed by atoms with E-state index < -0.39 is 8.80 Å². The van der Waals surface area contributed by atoms with E-state index in [2.05, 4.69) is 20.4 Å². The van der Waals surface area contributed by atoms with Gasteiger partial charge >= 0.3 is 8.80 Å². The zero-order chi connectivity index (χ0) is 15.0. The Balaban J connectivity index is 0. The van der Waals surface area contributed by atoms with E-state index in [4.69, 9.17) is 18.0 Å². The highest BCUT2D eigenvalue weighted by atomic mass is 28.4. The van der Waals surface area contributed by atoms with Gasteiger partial charge in [-0.25, -0.2) is 0 Å². The van der Waals surface area contributed by atoms with Crippen LogP contribution in [0.5, 0.6) is 0 Å². The lowest BCUT2D eigenvalue weighted by atomic mass is 10.3. The lowest BCUT2D eigenvalue weighted by molar-refractivity contribution is -0.0338. The highest BCUT2D eigenvalue weighted by Gasteiger charge is 2.37. The van der Waals surface area contributed by atoms with E-state index in [1.54, 1.807) is 20.3 Å². The van der Waals surface area contributed by atoms with Gasteiger partial charge in [0.1, 0.15) is 6.79 Å². The molecule has 116 valence electrons. The van der Waals surface area contributed by atoms with Gasteiger partial charge in [-0.1, -0.05) is 39.2 Å². The normalized spacial score (nSPS) is 10.8. The van der Waals surface area contributed by atoms with Crippen molar-refractivity contribution in [3.8, 4) is 0 Å². The summed E-state index contributed by atoms with van der Waals surface area (Å²) < 4.78 is 21.8. The molecule has 0 saturated carbocycles. The maximum absolute atomic E-state index is 5.62. The maximum atomic E-state index is 5.62. The Morgan fingerprint density at radius 2 is 1.63 bits per heavy atom. The number of hydrogen-bond acceptors (Lipinski definition) is 4. The second-order valence-corrected chi connectivity index (χ2v) is 7.10. The fourth-order valence-electron chi connectivity index (χ4n) is 1.43. The van der Waals surface area contributed by atoms with Crippen molar-refractivity contribution in [3.05, 3.63) is 12.7 Å². The zero-order valence-corrected chi connectivity index (χ0v) is 14.4. The molecule has 0 unspecified atom stereocenters. The molecule has 0 spiro atoms. The molecule has 19 heavy (non-hydrogen) atoms. The maximum Gasteiger partial charge on any atom is 0.502 e. The number of allylic oxidation sites excluding steroid dienone is 1. The van der Waals surface area contributed by atoms with Crippen LogP contribution in [0.4, 0.5) is 0 Å². The minimum Gasteiger partial charge on any atom is -0.377 e. The van der Waals surface area contributed by atoms with Crippen LogP contribution >= 0.6 is 0 Å². The van der Waals surface area contributed by atoms with Crippen molar-refractivity contribution in [2.45, 2.75) is 52.5 Å². The Bertz CT molecular complexity index is 184. The molecule has 0 aromatic carbocycles. The molecular weight excluding hydrogens is 260 g/mol. The predicted molar refractivity (Wildman–Crippen MR) is 82.2 cm³/mol. The molecule has 0 aliphatic heterocycles. The third-order valence-corrected chi connectivity index (χ3v) is 5.35. The summed E-state index contributed by atoms with van der Waals surface area (Å²) in [6, 6.07) is 0.832. The largest absolute Gasteiger partial charge is 0.502 e. The van der Waals surface area contributed by atoms with E-state index in [9.17, 15) is 0 Å². The highest BCUT2D eigenvalue weighted by molar-refractivity contribution is 6.60. The molecule has 0 heterocycles. The molecule has 0 amide bonds. The molecular formula is C14H32O4Si. The summed E-state index contributed by atoms with van der Waals surface area (Å²) in [5.74, 6) is 0. The molecule has 0 atom stereocenters. The predicted octanol–water partition coefficient (Wildman–Crippen LogP) is 4.00. The van der Waals surface area contributed by atoms with E-state index in [-0.39, 0.29) is 6.79 Å². The molecule has 0 aliphatic rings. The lowest BCUT2D eigenvalue weighted by Gasteiger charge is -2.25. The van der Waals surface area contributed by atoms with Crippen LogP contribution < -0.4 is 0 Å². The van der Waals surface area contributed by atoms with Gasteiger partial charge in [-0.15, -0.1) is 6.58 Å². The van der Waals surface area contributed by atoms with E-state index >= 15 is 0 Å². The van der Waals surface area contributed by atoms with Crippen LogP contribution in [0.3, 0.4) is 0 Å². The van der Waals surface area contributed by atoms with Crippen molar-refractivity contribution < 1.29 is 18.0 Å². The standard InChI is InChI=1S/C11H26O4Si.C3H6/c1-5-7-8-9-14-11-15-16(12-3,13-4)10-6-2;1-3-2/h5-11H2,1-4H3;3H,1H2,2H3. The average molecular weight is 292 g/mol. The summed E-state index contributed by atoms with van der Waals surface area (Å²) in [6.07, 6.45) is 6.23. The first-order valence-corrected chi connectivity index (χ1v) is 8.98. The molecule has 0 saturated heterocycles. The number of ether oxygens (including phenoxy) is 1. The number of hydrogen-bond donors (Lipinski definition) is 0. The molecule has 5 heteroatoms. The second-order valence-electron chi connectivity index (χ2n) is 4.13. The van der Waals surface area contributed by atoms with Crippen LogP contribution in [-0.4, -0.2) is 36.4 Å². The first-order chi connectivity index (χ1) is 9.16. The lowest BCUT2D eigenvalue weighted by Crippen LogP contribution is -2.44. The molecule has 0 aromatic heterocycles. The fourth-order valence-corrected chi connectivity index (χ4v) is 3.26. The Labute approximate surface area is 120 Å². The van der Waals surface area contributed by atoms with Gasteiger partial charge in [-0.05, 0) is 13.3 Å². The third-order valence-electron chi connectivity index (χ3n) is 2.43. The summed E-state index contributed by atoms with van der Waals surface area (Å²) in [5.41, 5.74) is 0. The van der Waals surface area contributed by atoms with E-state index in [1.807, 2.05) is 6.92 Å². The Hall–Kier alpha value is -0.203. The Morgan fingerprint density at radius 3 is 2.05 bits per heavy atom. The molecule has 0 fully saturated rings. The van der Waals surface area contributed by atoms with Gasteiger partial charge in [0.05, 0.1) is 0 Å². The Morgan fingerprint density at radius 1 is 1.05 bits per heavy atom. The zero-order valence-electron chi connectivity index (χ0n) is 13.4. The monoisotopic (exact) mass is 292 g/mol. The average Bonchev–Trinajstić information content (AvgIpc) is 2.42. The quantitative estimate of drug-likeness (QED) is 0.250. The first kappa shape index (κ1) is 21.1. The Kier molecular flexibility index (Phi) is 17.6. The number of unbranched alkanes of at least 4 members (excludes halogenated alkanes) is 2. The summed E-state index contributed by atoms with van der Waals surface area (Å²) in [6.45, 7) is 10.5. The van der Waals surface area contributed by atoms with Gasteiger partial charge in [0.15, 0.2) is 0 Å². The van der Waals surface area contributed by atoms with Crippen molar-refractivity contribution in [1.29, 1.82) is 0 Å². The van der Waals surface area contributed by atoms with Crippen molar-refractivity contribution in [1.82, 2.24) is 0 Å². The molecule has 0 aliphatic carbocycles. The van der Waals surface area contributed by atoms with Gasteiger partial charge < -0.3 is 18.0 Å². The topological polar surface area (TPSA) is 36.9 Å². The van der Waals surface area contributed by atoms with Crippen LogP contribution in [0.2, 0.25) is 6.04 Å². The van der Waals surface area contributed by atoms with Crippen molar-refractivity contribution in [3.63, 3.8) is 0 Å². The van der Waals surface area contributed by atoms with Gasteiger partial charge in [0.25, 0.3) is 0 Å². The van der Waals surface area contributed by atoms with Crippen LogP contribution in [0.1, 0.15) is 46.5 Å². The summed E-state index contributed by atoms with van der Waals surface area (Å²) in [7, 11) is 0.846. The highest BCUT2D eigenvalue weighted by Crippen LogP contribution is 2.15. The molecule has 0 N–H and O–H groups in total. The van der Waals surface area contributed by atoms with Crippen LogP contribution in [0.15, 0.2) is 12.7 Å². The van der Waals surface area contributed by atoms with Gasteiger partial charge in [-0.2, -0.15) is 0 Å². The van der Waals surface area contributed by atoms with Crippen molar-refractivity contribution >= 4 is 8.80 Å². The summed E-state index contributed by atoms with van der Waals surface area (Å²) >= 11 is 0. The van der Waals surface area contributed by atoms with Crippen LogP contribution in [0, 0.1) is 0 Å². The van der Waals surface area contributed by atoms with Crippen LogP contribution in [-0.2, 0) is 18.0 Å². The van der Waals surface area contributed by atoms with Crippen molar-refractivity contribution in [2.75, 3.05) is 27.6 Å². The molecule has 4 nitrogen and oxygen atoms in total. The van der Waals surface area contributed by atoms with E-state index in [1.165, 1.54) is 12.8 Å². The van der Waals surface area contributed by atoms with Gasteiger partial charge in [0.2, 0.25) is 0 Å². The smallest absolute Gasteiger partial charge is 0.377 e. The van der Waals surface area contributed by atoms with Crippen LogP contribution in [0.25, 0.3) is 0 Å². The van der Waals surface area contributed by atoms with E-state index in [0.717, 1.165) is 25.5 Å². The summed E-state index contributed by atoms with van der Waals surface area (Å²) in [4.78, 5) is 0. The van der Waals surface area contributed by atoms with Gasteiger partial charge in [-0.3, -0.25) is 0 Å². The van der Waals surface area contributed by atoms with Gasteiger partial charge in [0, 0.05) is 26.9 Å². The fraction of sp³-hybridized carbons (Fsp3) is 0.857. The van der Waals surface area contributed by atoms with E-state index in [0.29, 0.717) is 0 Å². The number of rotatable bonds is 11. The molecule has 0 aromatic rings. The minimum absolute atomic E-state index is 0.275.